The van der Waals surface area contributed by atoms with E-state index in [-0.39, 0.29) is 10.6 Å². The zero-order valence-corrected chi connectivity index (χ0v) is 13.4. The minimum Gasteiger partial charge on any atom is -0.480 e. The Bertz CT molecular complexity index is 894. The minimum absolute atomic E-state index is 0.170. The maximum Gasteiger partial charge on any atom is 0.324 e. The third-order valence-corrected chi connectivity index (χ3v) is 4.95. The fourth-order valence-electron chi connectivity index (χ4n) is 2.11. The van der Waals surface area contributed by atoms with Gasteiger partial charge in [-0.15, -0.1) is 0 Å². The lowest BCUT2D eigenvalue weighted by molar-refractivity contribution is -0.385. The maximum absolute atomic E-state index is 12.8. The smallest absolute Gasteiger partial charge is 0.324 e. The van der Waals surface area contributed by atoms with Crippen LogP contribution in [-0.4, -0.2) is 31.0 Å². The van der Waals surface area contributed by atoms with Crippen molar-refractivity contribution in [1.29, 1.82) is 0 Å². The number of carbonyl (C=O) groups is 1. The monoisotopic (exact) mass is 350 g/mol. The van der Waals surface area contributed by atoms with Crippen molar-refractivity contribution in [1.82, 2.24) is 0 Å². The Morgan fingerprint density at radius 1 is 1.21 bits per heavy atom. The number of benzene rings is 2. The number of hydrogen-bond acceptors (Lipinski definition) is 5. The second-order valence-electron chi connectivity index (χ2n) is 5.00. The van der Waals surface area contributed by atoms with Gasteiger partial charge >= 0.3 is 5.97 Å². The van der Waals surface area contributed by atoms with E-state index in [0.717, 1.165) is 17.7 Å². The van der Waals surface area contributed by atoms with Gasteiger partial charge in [-0.2, -0.15) is 0 Å². The second kappa shape index (κ2) is 6.67. The number of nitrogens with zero attached hydrogens (tertiary/aromatic N) is 2. The van der Waals surface area contributed by atoms with E-state index in [1.54, 1.807) is 19.1 Å². The molecule has 0 atom stereocenters. The molecule has 9 heteroatoms. The second-order valence-corrected chi connectivity index (χ2v) is 6.86. The molecule has 0 saturated heterocycles. The maximum atomic E-state index is 12.8. The number of carboxylic acid groups (broad SMARTS) is 1. The van der Waals surface area contributed by atoms with Crippen molar-refractivity contribution < 1.29 is 23.2 Å². The van der Waals surface area contributed by atoms with Crippen molar-refractivity contribution in [2.45, 2.75) is 11.8 Å². The number of carboxylic acids is 1. The molecule has 126 valence electrons. The van der Waals surface area contributed by atoms with Gasteiger partial charge in [-0.1, -0.05) is 18.2 Å². The summed E-state index contributed by atoms with van der Waals surface area (Å²) in [6, 6.07) is 10.8. The minimum atomic E-state index is -4.27. The van der Waals surface area contributed by atoms with Crippen LogP contribution < -0.4 is 4.31 Å². The number of anilines is 1. The van der Waals surface area contributed by atoms with Crippen LogP contribution >= 0.6 is 0 Å². The first-order valence-electron chi connectivity index (χ1n) is 6.77. The van der Waals surface area contributed by atoms with Crippen LogP contribution in [0.1, 0.15) is 5.56 Å². The zero-order valence-electron chi connectivity index (χ0n) is 12.6. The van der Waals surface area contributed by atoms with Crippen LogP contribution in [-0.2, 0) is 14.8 Å². The Morgan fingerprint density at radius 3 is 2.46 bits per heavy atom. The molecule has 0 heterocycles. The highest BCUT2D eigenvalue weighted by Crippen LogP contribution is 2.26. The molecule has 0 unspecified atom stereocenters. The van der Waals surface area contributed by atoms with E-state index in [1.807, 2.05) is 0 Å². The van der Waals surface area contributed by atoms with Gasteiger partial charge in [0.2, 0.25) is 0 Å². The molecule has 0 amide bonds. The Balaban J connectivity index is 2.57. The molecule has 0 aliphatic rings. The van der Waals surface area contributed by atoms with Crippen LogP contribution in [0.4, 0.5) is 11.4 Å². The summed E-state index contributed by atoms with van der Waals surface area (Å²) in [6.45, 7) is 0.941. The average Bonchev–Trinajstić information content (AvgIpc) is 2.52. The van der Waals surface area contributed by atoms with Crippen LogP contribution in [0.15, 0.2) is 53.4 Å². The first-order valence-corrected chi connectivity index (χ1v) is 8.21. The molecule has 2 aromatic carbocycles. The number of sulfonamides is 1. The van der Waals surface area contributed by atoms with E-state index in [9.17, 15) is 23.3 Å². The van der Waals surface area contributed by atoms with Crippen molar-refractivity contribution in [2.75, 3.05) is 10.8 Å². The number of nitro groups is 1. The predicted octanol–water partition coefficient (Wildman–Crippen LogP) is 2.18. The van der Waals surface area contributed by atoms with Gasteiger partial charge in [0.15, 0.2) is 0 Å². The SMILES string of the molecule is Cc1cccc(N(CC(=O)O)S(=O)(=O)c2cccc([N+](=O)[O-])c2)c1. The molecule has 0 saturated carbocycles. The van der Waals surface area contributed by atoms with Crippen LogP contribution in [0.2, 0.25) is 0 Å². The van der Waals surface area contributed by atoms with Crippen LogP contribution in [0.25, 0.3) is 0 Å². The number of non-ortho nitro benzene ring substituents is 1. The number of rotatable bonds is 6. The molecule has 24 heavy (non-hydrogen) atoms. The van der Waals surface area contributed by atoms with E-state index >= 15 is 0 Å². The number of nitro benzene ring substituents is 1. The largest absolute Gasteiger partial charge is 0.480 e. The van der Waals surface area contributed by atoms with E-state index in [0.29, 0.717) is 4.31 Å². The Labute approximate surface area is 138 Å². The molecule has 1 N–H and O–H groups in total. The lowest BCUT2D eigenvalue weighted by atomic mass is 10.2. The van der Waals surface area contributed by atoms with E-state index in [1.165, 1.54) is 24.3 Å². The predicted molar refractivity (Wildman–Crippen MR) is 86.4 cm³/mol. The summed E-state index contributed by atoms with van der Waals surface area (Å²) < 4.78 is 26.3. The fraction of sp³-hybridized carbons (Fsp3) is 0.133. The Kier molecular flexibility index (Phi) is 4.84. The molecule has 0 spiro atoms. The quantitative estimate of drug-likeness (QED) is 0.630. The van der Waals surface area contributed by atoms with Gasteiger partial charge in [0, 0.05) is 12.1 Å². The molecule has 0 aliphatic carbocycles. The number of aliphatic carboxylic acids is 1. The van der Waals surface area contributed by atoms with Crippen LogP contribution in [0, 0.1) is 17.0 Å². The molecule has 2 rings (SSSR count). The third kappa shape index (κ3) is 3.69. The molecular formula is C15H14N2O6S. The molecular weight excluding hydrogens is 336 g/mol. The van der Waals surface area contributed by atoms with Crippen LogP contribution in [0.3, 0.4) is 0 Å². The van der Waals surface area contributed by atoms with E-state index in [4.69, 9.17) is 5.11 Å². The lowest BCUT2D eigenvalue weighted by Gasteiger charge is -2.23. The average molecular weight is 350 g/mol. The summed E-state index contributed by atoms with van der Waals surface area (Å²) >= 11 is 0. The summed E-state index contributed by atoms with van der Waals surface area (Å²) in [5.74, 6) is -1.34. The lowest BCUT2D eigenvalue weighted by Crippen LogP contribution is -2.35. The Hall–Kier alpha value is -2.94. The first-order chi connectivity index (χ1) is 11.2. The Morgan fingerprint density at radius 2 is 1.88 bits per heavy atom. The highest BCUT2D eigenvalue weighted by molar-refractivity contribution is 7.92. The molecule has 0 bridgehead atoms. The molecule has 0 aromatic heterocycles. The van der Waals surface area contributed by atoms with Crippen molar-refractivity contribution in [2.24, 2.45) is 0 Å². The van der Waals surface area contributed by atoms with Gasteiger partial charge in [0.05, 0.1) is 15.5 Å². The highest BCUT2D eigenvalue weighted by atomic mass is 32.2. The summed E-state index contributed by atoms with van der Waals surface area (Å²) in [5.41, 5.74) is 0.525. The summed E-state index contributed by atoms with van der Waals surface area (Å²) in [4.78, 5) is 20.9. The normalized spacial score (nSPS) is 11.0. The van der Waals surface area contributed by atoms with Gasteiger partial charge < -0.3 is 5.11 Å². The van der Waals surface area contributed by atoms with Gasteiger partial charge in [0.25, 0.3) is 15.7 Å². The zero-order chi connectivity index (χ0) is 17.9. The van der Waals surface area contributed by atoms with Gasteiger partial charge in [-0.3, -0.25) is 19.2 Å². The van der Waals surface area contributed by atoms with Crippen molar-refractivity contribution in [3.8, 4) is 0 Å². The molecule has 0 aliphatic heterocycles. The van der Waals surface area contributed by atoms with Crippen LogP contribution in [0.5, 0.6) is 0 Å². The summed E-state index contributed by atoms with van der Waals surface area (Å²) in [7, 11) is -4.27. The molecule has 8 nitrogen and oxygen atoms in total. The van der Waals surface area contributed by atoms with Gasteiger partial charge in [-0.25, -0.2) is 8.42 Å². The number of hydrogen-bond donors (Lipinski definition) is 1. The van der Waals surface area contributed by atoms with E-state index < -0.39 is 33.1 Å². The third-order valence-electron chi connectivity index (χ3n) is 3.18. The number of aryl methyl sites for hydroxylation is 1. The first kappa shape index (κ1) is 17.4. The molecule has 0 fully saturated rings. The standard InChI is InChI=1S/C15H14N2O6S/c1-11-4-2-5-12(8-11)16(10-15(18)19)24(22,23)14-7-3-6-13(9-14)17(20)21/h2-9H,10H2,1H3,(H,18,19). The summed E-state index contributed by atoms with van der Waals surface area (Å²) in [5, 5.41) is 19.9. The van der Waals surface area contributed by atoms with Crippen molar-refractivity contribution in [3.63, 3.8) is 0 Å². The summed E-state index contributed by atoms with van der Waals surface area (Å²) in [6.07, 6.45) is 0. The van der Waals surface area contributed by atoms with Gasteiger partial charge in [0.1, 0.15) is 6.54 Å². The molecule has 0 radical (unpaired) electrons. The highest BCUT2D eigenvalue weighted by Gasteiger charge is 2.28. The van der Waals surface area contributed by atoms with Crippen molar-refractivity contribution in [3.05, 3.63) is 64.2 Å². The molecule has 2 aromatic rings. The van der Waals surface area contributed by atoms with E-state index in [2.05, 4.69) is 0 Å². The van der Waals surface area contributed by atoms with Gasteiger partial charge in [-0.05, 0) is 30.7 Å². The fourth-order valence-corrected chi connectivity index (χ4v) is 3.55. The topological polar surface area (TPSA) is 118 Å². The van der Waals surface area contributed by atoms with Crippen molar-refractivity contribution >= 4 is 27.4 Å².